The summed E-state index contributed by atoms with van der Waals surface area (Å²) >= 11 is 2.15. The Morgan fingerprint density at radius 3 is 2.03 bits per heavy atom. The molecule has 0 N–H and O–H groups in total. The summed E-state index contributed by atoms with van der Waals surface area (Å²) in [5.41, 5.74) is 2.43. The van der Waals surface area contributed by atoms with Gasteiger partial charge in [0.2, 0.25) is 0 Å². The third kappa shape index (κ3) is 6.15. The first-order valence-corrected chi connectivity index (χ1v) is 12.7. The van der Waals surface area contributed by atoms with Gasteiger partial charge in [0.25, 0.3) is 0 Å². The van der Waals surface area contributed by atoms with E-state index in [-0.39, 0.29) is 5.75 Å². The van der Waals surface area contributed by atoms with Gasteiger partial charge in [0.1, 0.15) is 15.0 Å². The molecule has 0 fully saturated rings. The van der Waals surface area contributed by atoms with E-state index in [9.17, 15) is 30.5 Å². The van der Waals surface area contributed by atoms with Crippen molar-refractivity contribution in [1.29, 1.82) is 0 Å². The molecule has 2 aromatic carbocycles. The minimum absolute atomic E-state index is 0.163. The van der Waals surface area contributed by atoms with Gasteiger partial charge < -0.3 is 4.55 Å². The molecule has 0 spiro atoms. The largest absolute Gasteiger partial charge is 0.744 e. The van der Waals surface area contributed by atoms with Crippen LogP contribution in [0.15, 0.2) is 34.1 Å². The van der Waals surface area contributed by atoms with Gasteiger partial charge in [-0.1, -0.05) is 38.1 Å². The summed E-state index contributed by atoms with van der Waals surface area (Å²) < 4.78 is 87.8. The van der Waals surface area contributed by atoms with Gasteiger partial charge >= 0.3 is 0 Å². The van der Waals surface area contributed by atoms with Gasteiger partial charge in [0.15, 0.2) is 23.3 Å². The van der Waals surface area contributed by atoms with Gasteiger partial charge in [-0.2, -0.15) is 11.8 Å². The fourth-order valence-electron chi connectivity index (χ4n) is 2.64. The summed E-state index contributed by atoms with van der Waals surface area (Å²) in [6, 6.07) is 8.32. The predicted molar refractivity (Wildman–Crippen MR) is 111 cm³/mol. The highest BCUT2D eigenvalue weighted by Crippen LogP contribution is 2.34. The lowest BCUT2D eigenvalue weighted by Crippen LogP contribution is -2.11. The summed E-state index contributed by atoms with van der Waals surface area (Å²) in [5, 5.41) is 0. The van der Waals surface area contributed by atoms with Crippen molar-refractivity contribution in [2.45, 2.75) is 48.2 Å². The second-order valence-electron chi connectivity index (χ2n) is 6.67. The van der Waals surface area contributed by atoms with E-state index in [0.29, 0.717) is 29.9 Å². The molecule has 0 aliphatic carbocycles. The molecule has 30 heavy (non-hydrogen) atoms. The fourth-order valence-corrected chi connectivity index (χ4v) is 5.29. The van der Waals surface area contributed by atoms with Crippen molar-refractivity contribution < 1.29 is 30.5 Å². The van der Waals surface area contributed by atoms with E-state index in [2.05, 4.69) is 38.1 Å². The average Bonchev–Trinajstić information content (AvgIpc) is 2.70. The van der Waals surface area contributed by atoms with Crippen LogP contribution in [0.4, 0.5) is 17.6 Å². The molecule has 0 saturated carbocycles. The zero-order chi connectivity index (χ0) is 22.5. The molecule has 0 amide bonds. The van der Waals surface area contributed by atoms with E-state index >= 15 is 0 Å². The van der Waals surface area contributed by atoms with Crippen LogP contribution in [0.2, 0.25) is 0 Å². The van der Waals surface area contributed by atoms with E-state index in [1.54, 1.807) is 11.8 Å². The van der Waals surface area contributed by atoms with Crippen LogP contribution >= 0.6 is 23.5 Å². The SMILES string of the molecule is CCC(C)c1ccc(CSCCCSc2c(F)c(F)c(S(=O)(=O)[O-])c(F)c2F)cc1. The van der Waals surface area contributed by atoms with Crippen molar-refractivity contribution in [3.05, 3.63) is 58.7 Å². The van der Waals surface area contributed by atoms with E-state index in [4.69, 9.17) is 0 Å². The Labute approximate surface area is 182 Å². The van der Waals surface area contributed by atoms with Crippen molar-refractivity contribution in [2.24, 2.45) is 0 Å². The highest BCUT2D eigenvalue weighted by molar-refractivity contribution is 7.99. The van der Waals surface area contributed by atoms with Crippen LogP contribution in [0.5, 0.6) is 0 Å². The highest BCUT2D eigenvalue weighted by atomic mass is 32.2. The van der Waals surface area contributed by atoms with Crippen molar-refractivity contribution in [3.63, 3.8) is 0 Å². The van der Waals surface area contributed by atoms with Crippen molar-refractivity contribution in [3.8, 4) is 0 Å². The number of hydrogen-bond acceptors (Lipinski definition) is 5. The molecule has 2 aromatic rings. The van der Waals surface area contributed by atoms with Crippen molar-refractivity contribution in [1.82, 2.24) is 0 Å². The summed E-state index contributed by atoms with van der Waals surface area (Å²) in [7, 11) is -5.69. The number of rotatable bonds is 10. The van der Waals surface area contributed by atoms with Gasteiger partial charge in [-0.15, -0.1) is 11.8 Å². The van der Waals surface area contributed by atoms with Gasteiger partial charge in [0, 0.05) is 5.75 Å². The van der Waals surface area contributed by atoms with E-state index in [1.807, 2.05) is 0 Å². The maximum atomic E-state index is 13.9. The third-order valence-electron chi connectivity index (χ3n) is 4.54. The molecule has 0 aliphatic rings. The van der Waals surface area contributed by atoms with Crippen molar-refractivity contribution in [2.75, 3.05) is 11.5 Å². The number of halogens is 4. The molecule has 0 heterocycles. The maximum Gasteiger partial charge on any atom is 0.180 e. The Bertz CT molecular complexity index is 951. The molecule has 0 saturated heterocycles. The normalized spacial score (nSPS) is 12.9. The second kappa shape index (κ2) is 10.9. The van der Waals surface area contributed by atoms with Crippen LogP contribution in [0, 0.1) is 23.3 Å². The Kier molecular flexibility index (Phi) is 9.08. The molecule has 0 bridgehead atoms. The van der Waals surface area contributed by atoms with Crippen molar-refractivity contribution >= 4 is 33.6 Å². The third-order valence-corrected chi connectivity index (χ3v) is 7.66. The van der Waals surface area contributed by atoms with Crippen LogP contribution < -0.4 is 0 Å². The van der Waals surface area contributed by atoms with E-state index in [1.165, 1.54) is 5.56 Å². The topological polar surface area (TPSA) is 57.2 Å². The summed E-state index contributed by atoms with van der Waals surface area (Å²) in [6.45, 7) is 4.30. The molecule has 10 heteroatoms. The smallest absolute Gasteiger partial charge is 0.180 e. The average molecular weight is 482 g/mol. The summed E-state index contributed by atoms with van der Waals surface area (Å²) in [4.78, 5) is -3.10. The molecular formula is C20H21F4O3S3-. The number of benzene rings is 2. The molecule has 0 aliphatic heterocycles. The molecule has 1 unspecified atom stereocenters. The zero-order valence-corrected chi connectivity index (χ0v) is 18.8. The molecule has 166 valence electrons. The van der Waals surface area contributed by atoms with E-state index in [0.717, 1.165) is 17.7 Å². The Balaban J connectivity index is 1.88. The van der Waals surface area contributed by atoms with Gasteiger partial charge in [-0.05, 0) is 41.4 Å². The Hall–Kier alpha value is -1.23. The van der Waals surface area contributed by atoms with Gasteiger partial charge in [0.05, 0.1) is 4.90 Å². The predicted octanol–water partition coefficient (Wildman–Crippen LogP) is 6.08. The monoisotopic (exact) mass is 481 g/mol. The summed E-state index contributed by atoms with van der Waals surface area (Å²) in [6.07, 6.45) is 1.57. The molecule has 0 aromatic heterocycles. The summed E-state index contributed by atoms with van der Waals surface area (Å²) in [5.74, 6) is -6.06. The van der Waals surface area contributed by atoms with Crippen LogP contribution in [-0.4, -0.2) is 24.5 Å². The van der Waals surface area contributed by atoms with Crippen LogP contribution in [-0.2, 0) is 15.9 Å². The lowest BCUT2D eigenvalue weighted by molar-refractivity contribution is 0.381. The highest BCUT2D eigenvalue weighted by Gasteiger charge is 2.28. The van der Waals surface area contributed by atoms with Crippen LogP contribution in [0.25, 0.3) is 0 Å². The second-order valence-corrected chi connectivity index (χ2v) is 10.2. The number of hydrogen-bond donors (Lipinski definition) is 0. The number of thioether (sulfide) groups is 2. The quantitative estimate of drug-likeness (QED) is 0.135. The first kappa shape index (κ1) is 25.0. The molecule has 3 nitrogen and oxygen atoms in total. The molecule has 2 rings (SSSR count). The van der Waals surface area contributed by atoms with E-state index < -0.39 is 43.2 Å². The minimum Gasteiger partial charge on any atom is -0.744 e. The first-order chi connectivity index (χ1) is 14.1. The van der Waals surface area contributed by atoms with Gasteiger partial charge in [-0.25, -0.2) is 26.0 Å². The lowest BCUT2D eigenvalue weighted by atomic mass is 9.98. The Morgan fingerprint density at radius 2 is 1.53 bits per heavy atom. The minimum atomic E-state index is -5.69. The molecule has 0 radical (unpaired) electrons. The molecular weight excluding hydrogens is 460 g/mol. The first-order valence-electron chi connectivity index (χ1n) is 9.19. The molecule has 1 atom stereocenters. The maximum absolute atomic E-state index is 13.9. The van der Waals surface area contributed by atoms with Gasteiger partial charge in [-0.3, -0.25) is 0 Å². The lowest BCUT2D eigenvalue weighted by Gasteiger charge is -2.13. The zero-order valence-electron chi connectivity index (χ0n) is 16.4. The van der Waals surface area contributed by atoms with Crippen LogP contribution in [0.3, 0.4) is 0 Å². The standard InChI is InChI=1S/C20H22F4O3S3/c1-3-12(2)14-7-5-13(6-8-14)11-28-9-4-10-29-19-15(21)17(23)20(30(25,26)27)18(24)16(19)22/h5-8,12H,3-4,9-11H2,1-2H3,(H,25,26,27)/p-1. The Morgan fingerprint density at radius 1 is 0.967 bits per heavy atom. The van der Waals surface area contributed by atoms with Crippen LogP contribution in [0.1, 0.15) is 43.7 Å². The fraction of sp³-hybridized carbons (Fsp3) is 0.400.